The number of urea groups is 1. The van der Waals surface area contributed by atoms with Crippen LogP contribution in [-0.2, 0) is 16.1 Å². The third-order valence-corrected chi connectivity index (χ3v) is 15.5. The Kier molecular flexibility index (Phi) is 15.9. The van der Waals surface area contributed by atoms with Gasteiger partial charge in [-0.15, -0.1) is 0 Å². The number of nitrogens with two attached hydrogens (primary N) is 1. The SMILES string of the molecule is CCOc1cc(N2CCC(C(=O)NCC3CCN(C(=O)C4CCN(Cc5ccc(N(C(=N)c6cc(C(C)C)c(O)cc6O)C(N)=O)cc5)CC4)CC3)CC2)ccc1Nc1ncc2c(n1)N(C)c1ccccc1C(=O)N2C. The van der Waals surface area contributed by atoms with Crippen LogP contribution in [0.3, 0.4) is 0 Å². The zero-order valence-corrected chi connectivity index (χ0v) is 44.1. The van der Waals surface area contributed by atoms with Crippen LogP contribution in [0.25, 0.3) is 0 Å². The van der Waals surface area contributed by atoms with E-state index in [1.54, 1.807) is 30.3 Å². The van der Waals surface area contributed by atoms with Gasteiger partial charge in [-0.05, 0) is 124 Å². The number of nitrogens with one attached hydrogen (secondary N) is 3. The highest BCUT2D eigenvalue weighted by atomic mass is 16.5. The maximum absolute atomic E-state index is 13.7. The number of hydrogen-bond acceptors (Lipinski definition) is 14. The number of aromatic hydroxyl groups is 2. The highest BCUT2D eigenvalue weighted by Crippen LogP contribution is 2.40. The highest BCUT2D eigenvalue weighted by Gasteiger charge is 2.33. The summed E-state index contributed by atoms with van der Waals surface area (Å²) in [6.45, 7) is 11.9. The van der Waals surface area contributed by atoms with E-state index >= 15 is 0 Å². The predicted octanol–water partition coefficient (Wildman–Crippen LogP) is 7.91. The van der Waals surface area contributed by atoms with Crippen molar-refractivity contribution in [1.82, 2.24) is 25.1 Å². The van der Waals surface area contributed by atoms with Crippen molar-refractivity contribution in [2.45, 2.75) is 71.8 Å². The first-order valence-electron chi connectivity index (χ1n) is 26.5. The van der Waals surface area contributed by atoms with Crippen molar-refractivity contribution in [2.24, 2.45) is 23.5 Å². The van der Waals surface area contributed by atoms with Crippen molar-refractivity contribution < 1.29 is 34.1 Å². The Labute approximate surface area is 444 Å². The van der Waals surface area contributed by atoms with Crippen LogP contribution in [0.4, 0.5) is 45.0 Å². The standard InChI is InChI=1S/C57H70N12O7/c1-6-76-50-29-41(15-16-45(50)62-57-61-33-47-52(63-57)64(4)46-10-8-7-9-42(46)55(74)65(47)5)67-27-21-38(22-28-67)53(72)60-32-36-17-25-68(26-18-36)54(73)39-19-23-66(24-20-39)34-37-11-13-40(14-12-37)69(56(59)75)51(58)44-30-43(35(2)3)48(70)31-49(44)71/h7-16,29-31,33,35-36,38-39,58,70-71H,6,17-28,32,34H2,1-5H3,(H2,59,75)(H,60,72)(H,61,62,63). The second kappa shape index (κ2) is 22.9. The fraction of sp³-hybridized carbons (Fsp3) is 0.421. The highest BCUT2D eigenvalue weighted by molar-refractivity contribution is 6.22. The molecule has 0 aliphatic carbocycles. The van der Waals surface area contributed by atoms with Gasteiger partial charge in [-0.25, -0.2) is 14.7 Å². The van der Waals surface area contributed by atoms with Crippen molar-refractivity contribution >= 4 is 69.8 Å². The molecule has 5 amide bonds. The Bertz CT molecular complexity index is 2960. The molecule has 3 fully saturated rings. The van der Waals surface area contributed by atoms with Crippen LogP contribution in [0.5, 0.6) is 17.2 Å². The number of phenolic OH excluding ortho intramolecular Hbond substituents is 2. The van der Waals surface area contributed by atoms with Crippen molar-refractivity contribution in [3.8, 4) is 17.2 Å². The molecule has 3 saturated heterocycles. The van der Waals surface area contributed by atoms with Gasteiger partial charge in [0.25, 0.3) is 5.91 Å². The van der Waals surface area contributed by atoms with Gasteiger partial charge in [0.05, 0.1) is 41.0 Å². The van der Waals surface area contributed by atoms with Crippen LogP contribution in [-0.4, -0.2) is 126 Å². The molecule has 0 atom stereocenters. The van der Waals surface area contributed by atoms with Gasteiger partial charge in [0.1, 0.15) is 28.8 Å². The number of para-hydroxylation sites is 1. The summed E-state index contributed by atoms with van der Waals surface area (Å²) in [7, 11) is 3.62. The maximum atomic E-state index is 13.7. The van der Waals surface area contributed by atoms with E-state index in [0.29, 0.717) is 84.4 Å². The molecule has 76 heavy (non-hydrogen) atoms. The molecule has 400 valence electrons. The first-order chi connectivity index (χ1) is 36.6. The predicted molar refractivity (Wildman–Crippen MR) is 295 cm³/mol. The monoisotopic (exact) mass is 1030 g/mol. The van der Waals surface area contributed by atoms with E-state index in [1.165, 1.54) is 12.1 Å². The Morgan fingerprint density at radius 3 is 2.22 bits per heavy atom. The topological polar surface area (TPSA) is 237 Å². The number of ether oxygens (including phenoxy) is 1. The molecule has 4 aromatic carbocycles. The fourth-order valence-corrected chi connectivity index (χ4v) is 11.0. The Morgan fingerprint density at radius 2 is 1.54 bits per heavy atom. The lowest BCUT2D eigenvalue weighted by atomic mass is 9.91. The fourth-order valence-electron chi connectivity index (χ4n) is 11.0. The minimum Gasteiger partial charge on any atom is -0.508 e. The van der Waals surface area contributed by atoms with E-state index in [1.807, 2.05) is 92.2 Å². The number of anilines is 7. The lowest BCUT2D eigenvalue weighted by Crippen LogP contribution is -2.47. The van der Waals surface area contributed by atoms with Gasteiger partial charge in [0, 0.05) is 83.0 Å². The van der Waals surface area contributed by atoms with Crippen LogP contribution in [0, 0.1) is 23.2 Å². The second-order valence-corrected chi connectivity index (χ2v) is 20.7. The first kappa shape index (κ1) is 52.9. The molecule has 4 aliphatic rings. The molecule has 5 heterocycles. The number of piperidine rings is 3. The Hall–Kier alpha value is -7.93. The maximum Gasteiger partial charge on any atom is 0.325 e. The third-order valence-electron chi connectivity index (χ3n) is 15.5. The number of carbonyl (C=O) groups excluding carboxylic acids is 4. The van der Waals surface area contributed by atoms with Crippen LogP contribution >= 0.6 is 0 Å². The average Bonchev–Trinajstić information content (AvgIpc) is 3.53. The lowest BCUT2D eigenvalue weighted by Gasteiger charge is -2.37. The van der Waals surface area contributed by atoms with E-state index < -0.39 is 6.03 Å². The Balaban J connectivity index is 0.698. The van der Waals surface area contributed by atoms with Gasteiger partial charge in [-0.3, -0.25) is 24.7 Å². The number of benzene rings is 4. The second-order valence-electron chi connectivity index (χ2n) is 20.7. The van der Waals surface area contributed by atoms with Gasteiger partial charge in [0.2, 0.25) is 17.8 Å². The minimum absolute atomic E-state index is 0.0255. The quantitative estimate of drug-likeness (QED) is 0.0459. The summed E-state index contributed by atoms with van der Waals surface area (Å²) in [5.41, 5.74) is 11.4. The molecule has 19 heteroatoms. The molecular weight excluding hydrogens is 965 g/mol. The molecule has 0 saturated carbocycles. The summed E-state index contributed by atoms with van der Waals surface area (Å²) in [5, 5.41) is 36.2. The van der Waals surface area contributed by atoms with Gasteiger partial charge in [-0.2, -0.15) is 4.98 Å². The normalized spacial score (nSPS) is 16.7. The van der Waals surface area contributed by atoms with E-state index in [0.717, 1.165) is 86.5 Å². The van der Waals surface area contributed by atoms with Gasteiger partial charge in [0.15, 0.2) is 5.82 Å². The molecule has 1 aromatic heterocycles. The minimum atomic E-state index is -0.874. The van der Waals surface area contributed by atoms with E-state index in [2.05, 4.69) is 25.4 Å². The third kappa shape index (κ3) is 11.3. The number of primary amides is 1. The number of carbonyl (C=O) groups is 4. The number of aromatic nitrogens is 2. The number of nitrogens with zero attached hydrogens (tertiary/aromatic N) is 8. The number of fused-ring (bicyclic) bond motifs is 2. The zero-order chi connectivity index (χ0) is 53.8. The van der Waals surface area contributed by atoms with Gasteiger partial charge in [-0.1, -0.05) is 38.1 Å². The van der Waals surface area contributed by atoms with Crippen LogP contribution in [0.1, 0.15) is 92.3 Å². The zero-order valence-electron chi connectivity index (χ0n) is 44.1. The van der Waals surface area contributed by atoms with Crippen molar-refractivity contribution in [3.05, 3.63) is 107 Å². The first-order valence-corrected chi connectivity index (χ1v) is 26.5. The number of likely N-dealkylation sites (tertiary alicyclic amines) is 2. The van der Waals surface area contributed by atoms with E-state index in [9.17, 15) is 29.4 Å². The number of amides is 5. The van der Waals surface area contributed by atoms with Crippen molar-refractivity contribution in [1.29, 1.82) is 5.41 Å². The Morgan fingerprint density at radius 1 is 0.842 bits per heavy atom. The number of hydrogen-bond donors (Lipinski definition) is 6. The summed E-state index contributed by atoms with van der Waals surface area (Å²) in [5.74, 6) is 1.25. The molecule has 0 bridgehead atoms. The number of amidine groups is 1. The molecule has 0 spiro atoms. The van der Waals surface area contributed by atoms with Gasteiger partial charge < -0.3 is 50.9 Å². The van der Waals surface area contributed by atoms with E-state index in [4.69, 9.17) is 20.9 Å². The van der Waals surface area contributed by atoms with Crippen LogP contribution < -0.4 is 40.7 Å². The van der Waals surface area contributed by atoms with Crippen molar-refractivity contribution in [2.75, 3.05) is 91.4 Å². The van der Waals surface area contributed by atoms with Gasteiger partial charge >= 0.3 is 6.03 Å². The summed E-state index contributed by atoms with van der Waals surface area (Å²) in [4.78, 5) is 73.6. The molecule has 19 nitrogen and oxygen atoms in total. The molecule has 4 aliphatic heterocycles. The molecule has 0 unspecified atom stereocenters. The number of rotatable bonds is 14. The summed E-state index contributed by atoms with van der Waals surface area (Å²) in [6.07, 6.45) is 6.39. The molecule has 0 radical (unpaired) electrons. The molecule has 9 rings (SSSR count). The summed E-state index contributed by atoms with van der Waals surface area (Å²) < 4.78 is 6.11. The van der Waals surface area contributed by atoms with Crippen LogP contribution in [0.2, 0.25) is 0 Å². The largest absolute Gasteiger partial charge is 0.508 e. The van der Waals surface area contributed by atoms with Crippen LogP contribution in [0.15, 0.2) is 85.1 Å². The van der Waals surface area contributed by atoms with E-state index in [-0.39, 0.29) is 58.4 Å². The molecule has 5 aromatic rings. The van der Waals surface area contributed by atoms with Crippen molar-refractivity contribution in [3.63, 3.8) is 0 Å². The summed E-state index contributed by atoms with van der Waals surface area (Å²) in [6, 6.07) is 22.5. The number of phenols is 2. The lowest BCUT2D eigenvalue weighted by molar-refractivity contribution is -0.138. The molecular formula is C57H70N12O7. The average molecular weight is 1040 g/mol. The summed E-state index contributed by atoms with van der Waals surface area (Å²) >= 11 is 0. The smallest absolute Gasteiger partial charge is 0.325 e. The molecule has 7 N–H and O–H groups in total.